The number of nitrogens with one attached hydrogen (secondary N) is 1. The van der Waals surface area contributed by atoms with Gasteiger partial charge in [-0.1, -0.05) is 0 Å². The normalized spacial score (nSPS) is 11.8. The molecule has 1 atom stereocenters. The van der Waals surface area contributed by atoms with Crippen LogP contribution in [-0.2, 0) is 0 Å². The summed E-state index contributed by atoms with van der Waals surface area (Å²) in [4.78, 5) is 0. The predicted molar refractivity (Wildman–Crippen MR) is 53.2 cm³/mol. The van der Waals surface area contributed by atoms with Gasteiger partial charge in [0.15, 0.2) is 0 Å². The number of anilines is 1. The maximum absolute atomic E-state index is 8.52. The van der Waals surface area contributed by atoms with Crippen molar-refractivity contribution in [2.45, 2.75) is 12.3 Å². The molecule has 2 nitrogen and oxygen atoms in total. The van der Waals surface area contributed by atoms with Gasteiger partial charge in [-0.05, 0) is 31.2 Å². The minimum Gasteiger partial charge on any atom is -0.374 e. The largest absolute Gasteiger partial charge is 0.374 e. The van der Waals surface area contributed by atoms with Crippen LogP contribution in [0.5, 0.6) is 0 Å². The Hall–Kier alpha value is -1.14. The van der Waals surface area contributed by atoms with E-state index in [9.17, 15) is 0 Å². The van der Waals surface area contributed by atoms with Crippen molar-refractivity contribution in [2.24, 2.45) is 0 Å². The number of rotatable bonds is 2. The number of hydrogen-bond donors (Lipinski definition) is 2. The van der Waals surface area contributed by atoms with E-state index in [2.05, 4.69) is 24.0 Å². The van der Waals surface area contributed by atoms with Gasteiger partial charge in [0.1, 0.15) is 0 Å². The first-order valence-corrected chi connectivity index (χ1v) is 4.19. The topological polar surface area (TPSA) is 35.8 Å². The molecule has 0 heterocycles. The van der Waals surface area contributed by atoms with Gasteiger partial charge in [-0.3, -0.25) is 0 Å². The highest BCUT2D eigenvalue weighted by molar-refractivity contribution is 7.81. The average molecular weight is 178 g/mol. The number of thiol groups is 1. The molecule has 1 N–H and O–H groups in total. The molecule has 0 radical (unpaired) electrons. The van der Waals surface area contributed by atoms with Crippen LogP contribution in [0.15, 0.2) is 24.3 Å². The molecule has 0 aromatic heterocycles. The second-order valence-electron chi connectivity index (χ2n) is 2.51. The smallest absolute Gasteiger partial charge is 0.0991 e. The van der Waals surface area contributed by atoms with E-state index in [0.717, 1.165) is 5.69 Å². The summed E-state index contributed by atoms with van der Waals surface area (Å²) >= 11 is 4.18. The lowest BCUT2D eigenvalue weighted by Gasteiger charge is -2.08. The van der Waals surface area contributed by atoms with Crippen LogP contribution in [0, 0.1) is 11.3 Å². The molecule has 1 rings (SSSR count). The Labute approximate surface area is 77.6 Å². The fourth-order valence-electron chi connectivity index (χ4n) is 0.882. The molecule has 0 spiro atoms. The third-order valence-corrected chi connectivity index (χ3v) is 1.52. The molecule has 0 saturated heterocycles. The van der Waals surface area contributed by atoms with Gasteiger partial charge in [-0.25, -0.2) is 0 Å². The van der Waals surface area contributed by atoms with Crippen molar-refractivity contribution in [2.75, 3.05) is 5.32 Å². The fourth-order valence-corrected chi connectivity index (χ4v) is 1.03. The van der Waals surface area contributed by atoms with Crippen LogP contribution in [0.3, 0.4) is 0 Å². The number of nitriles is 1. The monoisotopic (exact) mass is 178 g/mol. The Morgan fingerprint density at radius 3 is 2.42 bits per heavy atom. The number of hydrogen-bond acceptors (Lipinski definition) is 3. The van der Waals surface area contributed by atoms with E-state index in [0.29, 0.717) is 5.56 Å². The molecule has 0 fully saturated rings. The van der Waals surface area contributed by atoms with Crippen molar-refractivity contribution in [3.8, 4) is 6.07 Å². The van der Waals surface area contributed by atoms with E-state index < -0.39 is 0 Å². The Morgan fingerprint density at radius 2 is 2.00 bits per heavy atom. The van der Waals surface area contributed by atoms with Crippen LogP contribution >= 0.6 is 12.6 Å². The quantitative estimate of drug-likeness (QED) is 0.538. The zero-order valence-electron chi connectivity index (χ0n) is 6.78. The lowest BCUT2D eigenvalue weighted by molar-refractivity contribution is 1.14. The van der Waals surface area contributed by atoms with Gasteiger partial charge in [0.05, 0.1) is 17.0 Å². The number of nitrogens with zero attached hydrogens (tertiary/aromatic N) is 1. The fraction of sp³-hybridized carbons (Fsp3) is 0.222. The Bertz CT molecular complexity index is 284. The van der Waals surface area contributed by atoms with Crippen molar-refractivity contribution in [1.82, 2.24) is 0 Å². The first-order valence-electron chi connectivity index (χ1n) is 3.67. The maximum Gasteiger partial charge on any atom is 0.0991 e. The summed E-state index contributed by atoms with van der Waals surface area (Å²) in [7, 11) is 0. The van der Waals surface area contributed by atoms with Gasteiger partial charge in [-0.15, -0.1) is 0 Å². The summed E-state index contributed by atoms with van der Waals surface area (Å²) in [6.45, 7) is 1.95. The van der Waals surface area contributed by atoms with Crippen LogP contribution in [0.2, 0.25) is 0 Å². The van der Waals surface area contributed by atoms with Crippen LogP contribution in [0.4, 0.5) is 5.69 Å². The molecule has 1 aromatic carbocycles. The molecule has 0 aliphatic rings. The molecular weight excluding hydrogens is 168 g/mol. The highest BCUT2D eigenvalue weighted by Gasteiger charge is 1.94. The van der Waals surface area contributed by atoms with Gasteiger partial charge in [-0.2, -0.15) is 17.9 Å². The lowest BCUT2D eigenvalue weighted by Crippen LogP contribution is -2.06. The molecule has 12 heavy (non-hydrogen) atoms. The van der Waals surface area contributed by atoms with Crippen LogP contribution < -0.4 is 5.32 Å². The van der Waals surface area contributed by atoms with Gasteiger partial charge in [0.25, 0.3) is 0 Å². The number of benzene rings is 1. The molecule has 3 heteroatoms. The molecule has 0 saturated carbocycles. The Kier molecular flexibility index (Phi) is 3.01. The first kappa shape index (κ1) is 8.95. The van der Waals surface area contributed by atoms with E-state index in [1.807, 2.05) is 19.1 Å². The van der Waals surface area contributed by atoms with E-state index in [1.165, 1.54) is 0 Å². The highest BCUT2D eigenvalue weighted by Crippen LogP contribution is 2.10. The predicted octanol–water partition coefficient (Wildman–Crippen LogP) is 2.25. The summed E-state index contributed by atoms with van der Waals surface area (Å²) in [5.41, 5.74) is 1.66. The van der Waals surface area contributed by atoms with Crippen molar-refractivity contribution in [3.63, 3.8) is 0 Å². The van der Waals surface area contributed by atoms with E-state index in [-0.39, 0.29) is 5.37 Å². The van der Waals surface area contributed by atoms with E-state index in [1.54, 1.807) is 12.1 Å². The van der Waals surface area contributed by atoms with Crippen molar-refractivity contribution >= 4 is 18.3 Å². The van der Waals surface area contributed by atoms with Crippen molar-refractivity contribution in [1.29, 1.82) is 5.26 Å². The molecule has 62 valence electrons. The summed E-state index contributed by atoms with van der Waals surface area (Å²) in [6, 6.07) is 9.35. The molecule has 1 unspecified atom stereocenters. The van der Waals surface area contributed by atoms with E-state index >= 15 is 0 Å². The third-order valence-electron chi connectivity index (χ3n) is 1.39. The summed E-state index contributed by atoms with van der Waals surface area (Å²) < 4.78 is 0. The Balaban J connectivity index is 2.73. The highest BCUT2D eigenvalue weighted by atomic mass is 32.1. The molecule has 0 aliphatic carbocycles. The van der Waals surface area contributed by atoms with Gasteiger partial charge in [0.2, 0.25) is 0 Å². The van der Waals surface area contributed by atoms with Gasteiger partial charge >= 0.3 is 0 Å². The molecule has 1 aromatic rings. The van der Waals surface area contributed by atoms with Crippen LogP contribution in [0.25, 0.3) is 0 Å². The second-order valence-corrected chi connectivity index (χ2v) is 3.28. The SMILES string of the molecule is CC(S)Nc1ccc(C#N)cc1. The molecular formula is C9H10N2S. The second kappa shape index (κ2) is 4.03. The molecule has 0 amide bonds. The average Bonchev–Trinajstić information content (AvgIpc) is 2.05. The Morgan fingerprint density at radius 1 is 1.42 bits per heavy atom. The molecule has 0 aliphatic heterocycles. The third kappa shape index (κ3) is 2.48. The maximum atomic E-state index is 8.52. The van der Waals surface area contributed by atoms with Crippen molar-refractivity contribution < 1.29 is 0 Å². The van der Waals surface area contributed by atoms with Gasteiger partial charge < -0.3 is 5.32 Å². The lowest BCUT2D eigenvalue weighted by atomic mass is 10.2. The standard InChI is InChI=1S/C9H10N2S/c1-7(12)11-9-4-2-8(6-10)3-5-9/h2-5,7,11-12H,1H3. The summed E-state index contributed by atoms with van der Waals surface area (Å²) in [5.74, 6) is 0. The zero-order chi connectivity index (χ0) is 8.97. The summed E-state index contributed by atoms with van der Waals surface area (Å²) in [6.07, 6.45) is 0. The van der Waals surface area contributed by atoms with Gasteiger partial charge in [0, 0.05) is 5.69 Å². The zero-order valence-corrected chi connectivity index (χ0v) is 7.68. The minimum absolute atomic E-state index is 0.123. The van der Waals surface area contributed by atoms with Crippen LogP contribution in [-0.4, -0.2) is 5.37 Å². The van der Waals surface area contributed by atoms with Crippen LogP contribution in [0.1, 0.15) is 12.5 Å². The van der Waals surface area contributed by atoms with E-state index in [4.69, 9.17) is 5.26 Å². The minimum atomic E-state index is 0.123. The molecule has 0 bridgehead atoms. The van der Waals surface area contributed by atoms with Crippen molar-refractivity contribution in [3.05, 3.63) is 29.8 Å². The summed E-state index contributed by atoms with van der Waals surface area (Å²) in [5, 5.41) is 11.8. The first-order chi connectivity index (χ1) is 5.72.